The molecule has 0 aromatic heterocycles. The Kier molecular flexibility index (Phi) is 4.50. The standard InChI is InChI=1S/C11H17NO/c1-2-7-12-8-10-5-3-4-6-11(10)9-13/h3-6,12-13H,2,7-9H2,1H3. The first-order valence-corrected chi connectivity index (χ1v) is 4.76. The number of benzene rings is 1. The summed E-state index contributed by atoms with van der Waals surface area (Å²) in [5.41, 5.74) is 2.21. The molecule has 0 heterocycles. The van der Waals surface area contributed by atoms with Gasteiger partial charge < -0.3 is 10.4 Å². The zero-order chi connectivity index (χ0) is 9.52. The quantitative estimate of drug-likeness (QED) is 0.674. The van der Waals surface area contributed by atoms with Gasteiger partial charge in [0.25, 0.3) is 0 Å². The second-order valence-corrected chi connectivity index (χ2v) is 3.10. The van der Waals surface area contributed by atoms with Crippen LogP contribution in [0.3, 0.4) is 0 Å². The molecule has 0 bridgehead atoms. The second kappa shape index (κ2) is 5.73. The van der Waals surface area contributed by atoms with Crippen molar-refractivity contribution in [3.8, 4) is 0 Å². The Morgan fingerprint density at radius 1 is 1.23 bits per heavy atom. The molecular weight excluding hydrogens is 162 g/mol. The third-order valence-corrected chi connectivity index (χ3v) is 2.03. The second-order valence-electron chi connectivity index (χ2n) is 3.10. The molecule has 0 saturated carbocycles. The molecule has 1 rings (SSSR count). The van der Waals surface area contributed by atoms with Crippen molar-refractivity contribution in [2.75, 3.05) is 6.54 Å². The van der Waals surface area contributed by atoms with Gasteiger partial charge in [0.2, 0.25) is 0 Å². The number of rotatable bonds is 5. The van der Waals surface area contributed by atoms with E-state index in [0.717, 1.165) is 25.1 Å². The van der Waals surface area contributed by atoms with Crippen LogP contribution in [-0.4, -0.2) is 11.7 Å². The molecule has 0 aliphatic rings. The highest BCUT2D eigenvalue weighted by Crippen LogP contribution is 2.07. The van der Waals surface area contributed by atoms with E-state index in [1.165, 1.54) is 5.56 Å². The van der Waals surface area contributed by atoms with Gasteiger partial charge in [0.15, 0.2) is 0 Å². The van der Waals surface area contributed by atoms with Gasteiger partial charge in [-0.2, -0.15) is 0 Å². The SMILES string of the molecule is CCCNCc1ccccc1CO. The molecule has 0 unspecified atom stereocenters. The van der Waals surface area contributed by atoms with Gasteiger partial charge in [-0.25, -0.2) is 0 Å². The summed E-state index contributed by atoms with van der Waals surface area (Å²) in [6.45, 7) is 4.15. The highest BCUT2D eigenvalue weighted by Gasteiger charge is 1.98. The van der Waals surface area contributed by atoms with Crippen molar-refractivity contribution >= 4 is 0 Å². The van der Waals surface area contributed by atoms with Gasteiger partial charge in [-0.05, 0) is 24.1 Å². The van der Waals surface area contributed by atoms with Crippen molar-refractivity contribution in [3.63, 3.8) is 0 Å². The maximum atomic E-state index is 9.05. The summed E-state index contributed by atoms with van der Waals surface area (Å²) in [6.07, 6.45) is 1.14. The summed E-state index contributed by atoms with van der Waals surface area (Å²) in [5, 5.41) is 12.4. The van der Waals surface area contributed by atoms with E-state index >= 15 is 0 Å². The summed E-state index contributed by atoms with van der Waals surface area (Å²) >= 11 is 0. The van der Waals surface area contributed by atoms with E-state index in [2.05, 4.69) is 12.2 Å². The average molecular weight is 179 g/mol. The smallest absolute Gasteiger partial charge is 0.0685 e. The number of aliphatic hydroxyl groups is 1. The van der Waals surface area contributed by atoms with Crippen molar-refractivity contribution in [2.45, 2.75) is 26.5 Å². The summed E-state index contributed by atoms with van der Waals surface area (Å²) in [4.78, 5) is 0. The Hall–Kier alpha value is -0.860. The van der Waals surface area contributed by atoms with Crippen molar-refractivity contribution in [1.82, 2.24) is 5.32 Å². The topological polar surface area (TPSA) is 32.3 Å². The first-order valence-electron chi connectivity index (χ1n) is 4.76. The van der Waals surface area contributed by atoms with Gasteiger partial charge in [0.05, 0.1) is 6.61 Å². The molecule has 0 amide bonds. The molecule has 0 aliphatic carbocycles. The Balaban J connectivity index is 2.54. The van der Waals surface area contributed by atoms with Gasteiger partial charge in [-0.15, -0.1) is 0 Å². The third-order valence-electron chi connectivity index (χ3n) is 2.03. The third kappa shape index (κ3) is 3.17. The molecule has 2 heteroatoms. The molecule has 0 spiro atoms. The molecule has 72 valence electrons. The molecule has 2 nitrogen and oxygen atoms in total. The minimum absolute atomic E-state index is 0.129. The van der Waals surface area contributed by atoms with E-state index in [1.54, 1.807) is 0 Å². The first kappa shape index (κ1) is 10.2. The molecule has 0 atom stereocenters. The van der Waals surface area contributed by atoms with Crippen LogP contribution >= 0.6 is 0 Å². The normalized spacial score (nSPS) is 10.3. The lowest BCUT2D eigenvalue weighted by Crippen LogP contribution is -2.14. The van der Waals surface area contributed by atoms with Crippen molar-refractivity contribution < 1.29 is 5.11 Å². The minimum atomic E-state index is 0.129. The maximum absolute atomic E-state index is 9.05. The summed E-state index contributed by atoms with van der Waals surface area (Å²) in [6, 6.07) is 7.97. The first-order chi connectivity index (χ1) is 6.38. The van der Waals surface area contributed by atoms with Crippen LogP contribution in [0.15, 0.2) is 24.3 Å². The van der Waals surface area contributed by atoms with Crippen LogP contribution in [0.1, 0.15) is 24.5 Å². The molecule has 0 saturated heterocycles. The fraction of sp³-hybridized carbons (Fsp3) is 0.455. The predicted molar refractivity (Wildman–Crippen MR) is 54.4 cm³/mol. The summed E-state index contributed by atoms with van der Waals surface area (Å²) < 4.78 is 0. The van der Waals surface area contributed by atoms with Crippen LogP contribution in [0.2, 0.25) is 0 Å². The Morgan fingerprint density at radius 3 is 2.54 bits per heavy atom. The molecule has 0 radical (unpaired) electrons. The number of hydrogen-bond acceptors (Lipinski definition) is 2. The van der Waals surface area contributed by atoms with E-state index < -0.39 is 0 Å². The largest absolute Gasteiger partial charge is 0.392 e. The van der Waals surface area contributed by atoms with E-state index in [1.807, 2.05) is 24.3 Å². The van der Waals surface area contributed by atoms with Gasteiger partial charge in [0, 0.05) is 6.54 Å². The van der Waals surface area contributed by atoms with Crippen LogP contribution in [0, 0.1) is 0 Å². The molecule has 13 heavy (non-hydrogen) atoms. The summed E-state index contributed by atoms with van der Waals surface area (Å²) in [7, 11) is 0. The van der Waals surface area contributed by atoms with Crippen molar-refractivity contribution in [2.24, 2.45) is 0 Å². The van der Waals surface area contributed by atoms with E-state index in [4.69, 9.17) is 5.11 Å². The maximum Gasteiger partial charge on any atom is 0.0685 e. The predicted octanol–water partition coefficient (Wildman–Crippen LogP) is 1.68. The van der Waals surface area contributed by atoms with Crippen molar-refractivity contribution in [1.29, 1.82) is 0 Å². The van der Waals surface area contributed by atoms with Crippen LogP contribution < -0.4 is 5.32 Å². The molecule has 2 N–H and O–H groups in total. The lowest BCUT2D eigenvalue weighted by Gasteiger charge is -2.07. The van der Waals surface area contributed by atoms with E-state index in [-0.39, 0.29) is 6.61 Å². The van der Waals surface area contributed by atoms with Crippen LogP contribution in [0.5, 0.6) is 0 Å². The number of aliphatic hydroxyl groups excluding tert-OH is 1. The average Bonchev–Trinajstić information content (AvgIpc) is 2.19. The minimum Gasteiger partial charge on any atom is -0.392 e. The lowest BCUT2D eigenvalue weighted by atomic mass is 10.1. The van der Waals surface area contributed by atoms with E-state index in [0.29, 0.717) is 0 Å². The van der Waals surface area contributed by atoms with Gasteiger partial charge >= 0.3 is 0 Å². The Bertz CT molecular complexity index is 248. The molecule has 1 aromatic rings. The molecular formula is C11H17NO. The van der Waals surface area contributed by atoms with Gasteiger partial charge in [0.1, 0.15) is 0 Å². The number of hydrogen-bond donors (Lipinski definition) is 2. The fourth-order valence-electron chi connectivity index (χ4n) is 1.28. The lowest BCUT2D eigenvalue weighted by molar-refractivity contribution is 0.280. The highest BCUT2D eigenvalue weighted by atomic mass is 16.3. The molecule has 1 aromatic carbocycles. The van der Waals surface area contributed by atoms with Crippen LogP contribution in [0.4, 0.5) is 0 Å². The Labute approximate surface area is 79.6 Å². The van der Waals surface area contributed by atoms with Gasteiger partial charge in [-0.1, -0.05) is 31.2 Å². The van der Waals surface area contributed by atoms with E-state index in [9.17, 15) is 0 Å². The van der Waals surface area contributed by atoms with Crippen LogP contribution in [-0.2, 0) is 13.2 Å². The Morgan fingerprint density at radius 2 is 1.92 bits per heavy atom. The highest BCUT2D eigenvalue weighted by molar-refractivity contribution is 5.26. The molecule has 0 aliphatic heterocycles. The fourth-order valence-corrected chi connectivity index (χ4v) is 1.28. The summed E-state index contributed by atoms with van der Waals surface area (Å²) in [5.74, 6) is 0. The monoisotopic (exact) mass is 179 g/mol. The zero-order valence-electron chi connectivity index (χ0n) is 8.09. The number of nitrogens with one attached hydrogen (secondary N) is 1. The van der Waals surface area contributed by atoms with Crippen LogP contribution in [0.25, 0.3) is 0 Å². The zero-order valence-corrected chi connectivity index (χ0v) is 8.09. The molecule has 0 fully saturated rings. The van der Waals surface area contributed by atoms with Crippen molar-refractivity contribution in [3.05, 3.63) is 35.4 Å². The van der Waals surface area contributed by atoms with Gasteiger partial charge in [-0.3, -0.25) is 0 Å².